The molecule has 0 fully saturated rings. The smallest absolute Gasteiger partial charge is 0.339 e. The van der Waals surface area contributed by atoms with Crippen molar-refractivity contribution in [2.24, 2.45) is 5.73 Å². The van der Waals surface area contributed by atoms with Gasteiger partial charge >= 0.3 is 5.97 Å². The van der Waals surface area contributed by atoms with Crippen LogP contribution >= 0.6 is 15.9 Å². The van der Waals surface area contributed by atoms with Crippen LogP contribution in [0.2, 0.25) is 0 Å². The van der Waals surface area contributed by atoms with Gasteiger partial charge in [-0.15, -0.1) is 0 Å². The van der Waals surface area contributed by atoms with Crippen molar-refractivity contribution in [1.82, 2.24) is 4.98 Å². The number of alkyl halides is 2. The minimum Gasteiger partial charge on any atom is -0.465 e. The lowest BCUT2D eigenvalue weighted by molar-refractivity contribution is 0.0588. The maximum atomic E-state index is 12.8. The molecule has 16 heavy (non-hydrogen) atoms. The predicted molar refractivity (Wildman–Crippen MR) is 56.1 cm³/mol. The molecule has 0 radical (unpaired) electrons. The van der Waals surface area contributed by atoms with Crippen LogP contribution in [0.4, 0.5) is 8.78 Å². The Morgan fingerprint density at radius 3 is 2.75 bits per heavy atom. The maximum Gasteiger partial charge on any atom is 0.339 e. The van der Waals surface area contributed by atoms with Crippen molar-refractivity contribution in [2.75, 3.05) is 7.11 Å². The first kappa shape index (κ1) is 13.0. The molecule has 0 unspecified atom stereocenters. The highest BCUT2D eigenvalue weighted by molar-refractivity contribution is 9.10. The molecule has 0 aliphatic carbocycles. The van der Waals surface area contributed by atoms with Gasteiger partial charge in [0, 0.05) is 23.9 Å². The quantitative estimate of drug-likeness (QED) is 0.684. The Balaban J connectivity index is 3.45. The summed E-state index contributed by atoms with van der Waals surface area (Å²) in [6.07, 6.45) is -1.77. The Morgan fingerprint density at radius 1 is 1.69 bits per heavy atom. The van der Waals surface area contributed by atoms with E-state index in [9.17, 15) is 13.6 Å². The van der Waals surface area contributed by atoms with Crippen LogP contribution in [0.5, 0.6) is 0 Å². The van der Waals surface area contributed by atoms with E-state index in [2.05, 4.69) is 25.7 Å². The molecule has 88 valence electrons. The number of ether oxygens (including phenoxy) is 1. The highest BCUT2D eigenvalue weighted by atomic mass is 79.9. The molecule has 2 N–H and O–H groups in total. The number of methoxy groups -OCH3 is 1. The summed E-state index contributed by atoms with van der Waals surface area (Å²) >= 11 is 3.00. The summed E-state index contributed by atoms with van der Waals surface area (Å²) in [7, 11) is 1.11. The van der Waals surface area contributed by atoms with E-state index >= 15 is 0 Å². The van der Waals surface area contributed by atoms with Crippen LogP contribution in [-0.4, -0.2) is 18.1 Å². The molecule has 1 aromatic heterocycles. The summed E-state index contributed by atoms with van der Waals surface area (Å²) < 4.78 is 30.3. The highest BCUT2D eigenvalue weighted by Gasteiger charge is 2.24. The topological polar surface area (TPSA) is 65.2 Å². The standard InChI is InChI=1S/C9H9BrF2N2O2/c1-16-9(15)5-3-14-7(10)4(2-13)6(5)8(11)12/h3,8H,2,13H2,1H3. The van der Waals surface area contributed by atoms with Gasteiger partial charge in [0.25, 0.3) is 6.43 Å². The number of nitrogens with zero attached hydrogens (tertiary/aromatic N) is 1. The fraction of sp³-hybridized carbons (Fsp3) is 0.333. The van der Waals surface area contributed by atoms with Crippen LogP contribution < -0.4 is 5.73 Å². The number of carbonyl (C=O) groups excluding carboxylic acids is 1. The van der Waals surface area contributed by atoms with E-state index < -0.39 is 18.0 Å². The molecule has 0 aliphatic heterocycles. The average Bonchev–Trinajstić information content (AvgIpc) is 2.27. The largest absolute Gasteiger partial charge is 0.465 e. The Morgan fingerprint density at radius 2 is 2.31 bits per heavy atom. The van der Waals surface area contributed by atoms with Crippen LogP contribution in [0.1, 0.15) is 27.9 Å². The number of esters is 1. The molecular weight excluding hydrogens is 286 g/mol. The van der Waals surface area contributed by atoms with Gasteiger partial charge in [-0.1, -0.05) is 0 Å². The molecule has 0 amide bonds. The van der Waals surface area contributed by atoms with Crippen molar-refractivity contribution in [3.8, 4) is 0 Å². The Hall–Kier alpha value is -1.08. The number of nitrogens with two attached hydrogens (primary N) is 1. The van der Waals surface area contributed by atoms with Crippen molar-refractivity contribution in [1.29, 1.82) is 0 Å². The number of rotatable bonds is 3. The molecule has 1 rings (SSSR count). The number of hydrogen-bond acceptors (Lipinski definition) is 4. The Labute approximate surface area is 98.9 Å². The molecule has 0 aromatic carbocycles. The van der Waals surface area contributed by atoms with E-state index in [1.807, 2.05) is 0 Å². The minimum atomic E-state index is -2.81. The highest BCUT2D eigenvalue weighted by Crippen LogP contribution is 2.30. The Bertz CT molecular complexity index is 413. The molecule has 1 aromatic rings. The van der Waals surface area contributed by atoms with E-state index in [0.717, 1.165) is 13.3 Å². The van der Waals surface area contributed by atoms with Crippen molar-refractivity contribution in [3.05, 3.63) is 27.5 Å². The summed E-state index contributed by atoms with van der Waals surface area (Å²) in [4.78, 5) is 15.0. The second kappa shape index (κ2) is 5.31. The molecular formula is C9H9BrF2N2O2. The lowest BCUT2D eigenvalue weighted by Crippen LogP contribution is -2.13. The van der Waals surface area contributed by atoms with Crippen LogP contribution in [0.15, 0.2) is 10.8 Å². The summed E-state index contributed by atoms with van der Waals surface area (Å²) in [6, 6.07) is 0. The molecule has 4 nitrogen and oxygen atoms in total. The Kier molecular flexibility index (Phi) is 4.31. The first-order valence-corrected chi connectivity index (χ1v) is 5.06. The molecule has 0 saturated heterocycles. The van der Waals surface area contributed by atoms with E-state index in [0.29, 0.717) is 0 Å². The number of aromatic nitrogens is 1. The van der Waals surface area contributed by atoms with E-state index in [1.54, 1.807) is 0 Å². The second-order valence-corrected chi connectivity index (χ2v) is 3.60. The van der Waals surface area contributed by atoms with Gasteiger partial charge in [-0.25, -0.2) is 18.6 Å². The van der Waals surface area contributed by atoms with Crippen molar-refractivity contribution in [3.63, 3.8) is 0 Å². The molecule has 1 heterocycles. The zero-order valence-corrected chi connectivity index (χ0v) is 9.92. The SMILES string of the molecule is COC(=O)c1cnc(Br)c(CN)c1C(F)F. The fourth-order valence-corrected chi connectivity index (χ4v) is 1.74. The van der Waals surface area contributed by atoms with Gasteiger partial charge in [0.15, 0.2) is 0 Å². The zero-order valence-electron chi connectivity index (χ0n) is 8.34. The van der Waals surface area contributed by atoms with E-state index in [-0.39, 0.29) is 22.3 Å². The van der Waals surface area contributed by atoms with Crippen molar-refractivity contribution >= 4 is 21.9 Å². The molecule has 0 saturated carbocycles. The summed E-state index contributed by atoms with van der Waals surface area (Å²) in [5.41, 5.74) is 4.76. The van der Waals surface area contributed by atoms with E-state index in [1.165, 1.54) is 0 Å². The van der Waals surface area contributed by atoms with Crippen molar-refractivity contribution in [2.45, 2.75) is 13.0 Å². The van der Waals surface area contributed by atoms with Gasteiger partial charge in [-0.2, -0.15) is 0 Å². The number of carbonyl (C=O) groups is 1. The average molecular weight is 295 g/mol. The number of halogens is 3. The first-order chi connectivity index (χ1) is 7.52. The summed E-state index contributed by atoms with van der Waals surface area (Å²) in [6.45, 7) is -0.141. The lowest BCUT2D eigenvalue weighted by Gasteiger charge is -2.12. The van der Waals surface area contributed by atoms with Gasteiger partial charge < -0.3 is 10.5 Å². The second-order valence-electron chi connectivity index (χ2n) is 2.85. The summed E-state index contributed by atoms with van der Waals surface area (Å²) in [5, 5.41) is 0. The fourth-order valence-electron chi connectivity index (χ4n) is 1.26. The molecule has 0 atom stereocenters. The normalized spacial score (nSPS) is 10.6. The zero-order chi connectivity index (χ0) is 12.3. The molecule has 0 bridgehead atoms. The lowest BCUT2D eigenvalue weighted by atomic mass is 10.1. The monoisotopic (exact) mass is 294 g/mol. The van der Waals surface area contributed by atoms with E-state index in [4.69, 9.17) is 5.73 Å². The minimum absolute atomic E-state index is 0.109. The predicted octanol–water partition coefficient (Wildman–Crippen LogP) is 2.03. The van der Waals surface area contributed by atoms with Gasteiger partial charge in [0.1, 0.15) is 4.60 Å². The van der Waals surface area contributed by atoms with Gasteiger partial charge in [-0.05, 0) is 15.9 Å². The first-order valence-electron chi connectivity index (χ1n) is 4.26. The van der Waals surface area contributed by atoms with Crippen LogP contribution in [-0.2, 0) is 11.3 Å². The van der Waals surface area contributed by atoms with Crippen LogP contribution in [0.25, 0.3) is 0 Å². The number of hydrogen-bond donors (Lipinski definition) is 1. The molecule has 0 aliphatic rings. The molecule has 7 heteroatoms. The van der Waals surface area contributed by atoms with Crippen LogP contribution in [0.3, 0.4) is 0 Å². The summed E-state index contributed by atoms with van der Waals surface area (Å²) in [5.74, 6) is -0.856. The van der Waals surface area contributed by atoms with Crippen molar-refractivity contribution < 1.29 is 18.3 Å². The van der Waals surface area contributed by atoms with Gasteiger partial charge in [0.2, 0.25) is 0 Å². The third kappa shape index (κ3) is 2.35. The third-order valence-electron chi connectivity index (χ3n) is 2.00. The number of pyridine rings is 1. The van der Waals surface area contributed by atoms with Gasteiger partial charge in [-0.3, -0.25) is 0 Å². The maximum absolute atomic E-state index is 12.8. The third-order valence-corrected chi connectivity index (χ3v) is 2.68. The van der Waals surface area contributed by atoms with Crippen LogP contribution in [0, 0.1) is 0 Å². The molecule has 0 spiro atoms. The van der Waals surface area contributed by atoms with Gasteiger partial charge in [0.05, 0.1) is 12.7 Å².